The highest BCUT2D eigenvalue weighted by Crippen LogP contribution is 2.39. The summed E-state index contributed by atoms with van der Waals surface area (Å²) < 4.78 is 20.9. The minimum absolute atomic E-state index is 0.155. The van der Waals surface area contributed by atoms with E-state index in [-0.39, 0.29) is 6.07 Å². The van der Waals surface area contributed by atoms with Crippen LogP contribution in [0.15, 0.2) is 6.07 Å². The van der Waals surface area contributed by atoms with Crippen molar-refractivity contribution in [1.82, 2.24) is 0 Å². The maximum Gasteiger partial charge on any atom is 0.349 e. The third-order valence-corrected chi connectivity index (χ3v) is 4.17. The Morgan fingerprint density at radius 3 is 1.86 bits per heavy atom. The summed E-state index contributed by atoms with van der Waals surface area (Å²) in [6.07, 6.45) is 0. The number of nitro groups is 2. The van der Waals surface area contributed by atoms with Crippen molar-refractivity contribution in [3.8, 4) is 0 Å². The van der Waals surface area contributed by atoms with E-state index in [4.69, 9.17) is 10.2 Å². The van der Waals surface area contributed by atoms with Crippen LogP contribution in [0.3, 0.4) is 0 Å². The molecule has 21 heavy (non-hydrogen) atoms. The molecule has 0 aliphatic carbocycles. The molecule has 13 heteroatoms. The lowest BCUT2D eigenvalue weighted by atomic mass is 10.1. The van der Waals surface area contributed by atoms with Crippen LogP contribution in [0, 0.1) is 23.8 Å². The normalized spacial score (nSPS) is 10.3. The first kappa shape index (κ1) is 16.3. The monoisotopic (exact) mass is 414 g/mol. The van der Waals surface area contributed by atoms with Crippen LogP contribution in [0.4, 0.5) is 11.4 Å². The van der Waals surface area contributed by atoms with Gasteiger partial charge in [-0.25, -0.2) is 15.7 Å². The largest absolute Gasteiger partial charge is 0.477 e. The van der Waals surface area contributed by atoms with E-state index < -0.39 is 67.7 Å². The van der Waals surface area contributed by atoms with Gasteiger partial charge in [-0.1, -0.05) is 0 Å². The molecule has 0 amide bonds. The molecule has 2 N–H and O–H groups in total. The third-order valence-electron chi connectivity index (χ3n) is 2.20. The van der Waals surface area contributed by atoms with E-state index >= 15 is 0 Å². The number of aromatic carboxylic acids is 2. The molecule has 0 heterocycles. The maximum atomic E-state index is 11.1. The van der Waals surface area contributed by atoms with E-state index in [1.165, 1.54) is 0 Å². The minimum Gasteiger partial charge on any atom is -0.477 e. The van der Waals surface area contributed by atoms with Gasteiger partial charge in [0.15, 0.2) is 9.13 Å². The first-order valence-corrected chi connectivity index (χ1v) is 7.45. The van der Waals surface area contributed by atoms with Crippen LogP contribution >= 0.6 is 19.8 Å². The molecule has 0 radical (unpaired) electrons. The lowest BCUT2D eigenvalue weighted by molar-refractivity contribution is -0.390. The van der Waals surface area contributed by atoms with Gasteiger partial charge in [-0.15, -0.1) is 0 Å². The van der Waals surface area contributed by atoms with Gasteiger partial charge in [0, 0.05) is 6.07 Å². The van der Waals surface area contributed by atoms with Crippen LogP contribution in [0.5, 0.6) is 0 Å². The number of halogens is 1. The maximum absolute atomic E-state index is 11.1. The quantitative estimate of drug-likeness (QED) is 0.402. The van der Waals surface area contributed by atoms with Crippen molar-refractivity contribution in [2.45, 2.75) is 0 Å². The SMILES string of the molecule is O=C(O)c1cc([N+](=O)[O-])c(I(=O)=O)c(C(=O)O)c1[N+](=O)[O-]. The Morgan fingerprint density at radius 1 is 1.05 bits per heavy atom. The summed E-state index contributed by atoms with van der Waals surface area (Å²) in [4.78, 5) is 40.8. The standard InChI is InChI=1S/C8H3IN2O10/c12-7(13)2-1-3(10(18)19)5(9(16)17)4(8(14)15)6(2)11(20)21/h1H,(H,12,13)(H,14,15). The molecule has 0 saturated carbocycles. The molecule has 112 valence electrons. The zero-order valence-electron chi connectivity index (χ0n) is 9.51. The smallest absolute Gasteiger partial charge is 0.349 e. The molecule has 1 aromatic carbocycles. The first-order valence-electron chi connectivity index (χ1n) is 4.61. The lowest BCUT2D eigenvalue weighted by Gasteiger charge is -2.05. The number of rotatable bonds is 5. The highest BCUT2D eigenvalue weighted by molar-refractivity contribution is 14.2. The molecule has 0 atom stereocenters. The van der Waals surface area contributed by atoms with Crippen LogP contribution in [0.1, 0.15) is 20.7 Å². The molecule has 0 fully saturated rings. The van der Waals surface area contributed by atoms with Gasteiger partial charge in [0.2, 0.25) is 0 Å². The molecule has 12 nitrogen and oxygen atoms in total. The summed E-state index contributed by atoms with van der Waals surface area (Å²) in [6.45, 7) is 0. The first-order chi connectivity index (χ1) is 9.59. The minimum atomic E-state index is -4.84. The van der Waals surface area contributed by atoms with E-state index in [9.17, 15) is 36.0 Å². The lowest BCUT2D eigenvalue weighted by Crippen LogP contribution is -2.13. The van der Waals surface area contributed by atoms with Gasteiger partial charge in [-0.05, 0) is 0 Å². The Labute approximate surface area is 120 Å². The third kappa shape index (κ3) is 2.91. The molecule has 0 bridgehead atoms. The van der Waals surface area contributed by atoms with Crippen LogP contribution in [0.25, 0.3) is 0 Å². The Bertz CT molecular complexity index is 757. The number of carboxylic acids is 2. The fourth-order valence-electron chi connectivity index (χ4n) is 1.47. The molecule has 0 spiro atoms. The number of hydrogen-bond donors (Lipinski definition) is 2. The Morgan fingerprint density at radius 2 is 1.57 bits per heavy atom. The predicted octanol–water partition coefficient (Wildman–Crippen LogP) is 1.27. The van der Waals surface area contributed by atoms with Crippen LogP contribution < -0.4 is 0 Å². The number of hydrogen-bond acceptors (Lipinski definition) is 8. The number of benzene rings is 1. The fraction of sp³-hybridized carbons (Fsp3) is 0. The van der Waals surface area contributed by atoms with Crippen molar-refractivity contribution >= 4 is 43.1 Å². The van der Waals surface area contributed by atoms with Crippen molar-refractivity contribution in [3.05, 3.63) is 41.0 Å². The predicted molar refractivity (Wildman–Crippen MR) is 67.8 cm³/mol. The Kier molecular flexibility index (Phi) is 4.46. The van der Waals surface area contributed by atoms with Crippen molar-refractivity contribution in [2.75, 3.05) is 0 Å². The van der Waals surface area contributed by atoms with E-state index in [0.29, 0.717) is 0 Å². The van der Waals surface area contributed by atoms with Gasteiger partial charge in [-0.3, -0.25) is 20.2 Å². The second-order valence-corrected chi connectivity index (χ2v) is 5.64. The molecule has 0 unspecified atom stereocenters. The van der Waals surface area contributed by atoms with Gasteiger partial charge in [0.25, 0.3) is 11.4 Å². The van der Waals surface area contributed by atoms with Crippen LogP contribution in [0.2, 0.25) is 0 Å². The van der Waals surface area contributed by atoms with Crippen LogP contribution in [-0.2, 0) is 6.14 Å². The highest BCUT2D eigenvalue weighted by Gasteiger charge is 2.39. The molecule has 1 aromatic rings. The summed E-state index contributed by atoms with van der Waals surface area (Å²) >= 11 is -4.84. The average Bonchev–Trinajstić information content (AvgIpc) is 2.34. The molecule has 0 aromatic heterocycles. The van der Waals surface area contributed by atoms with Crippen molar-refractivity contribution < 1.29 is 35.8 Å². The topological polar surface area (TPSA) is 195 Å². The Hall–Kier alpha value is -2.71. The average molecular weight is 414 g/mol. The van der Waals surface area contributed by atoms with Crippen molar-refractivity contribution in [2.24, 2.45) is 0 Å². The summed E-state index contributed by atoms with van der Waals surface area (Å²) in [5.74, 6) is -4.16. The number of carboxylic acid groups (broad SMARTS) is 2. The van der Waals surface area contributed by atoms with Crippen molar-refractivity contribution in [3.63, 3.8) is 0 Å². The van der Waals surface area contributed by atoms with E-state index in [1.807, 2.05) is 0 Å². The summed E-state index contributed by atoms with van der Waals surface area (Å²) in [7, 11) is 0. The molecule has 0 aliphatic heterocycles. The number of nitro benzene ring substituents is 2. The molecular weight excluding hydrogens is 411 g/mol. The summed E-state index contributed by atoms with van der Waals surface area (Å²) in [5, 5.41) is 39.3. The van der Waals surface area contributed by atoms with E-state index in [0.717, 1.165) is 0 Å². The van der Waals surface area contributed by atoms with Crippen LogP contribution in [-0.4, -0.2) is 32.0 Å². The molecule has 0 aliphatic rings. The van der Waals surface area contributed by atoms with Gasteiger partial charge < -0.3 is 10.2 Å². The van der Waals surface area contributed by atoms with Gasteiger partial charge in [0.1, 0.15) is 5.56 Å². The Balaban J connectivity index is 4.18. The second-order valence-electron chi connectivity index (χ2n) is 3.32. The van der Waals surface area contributed by atoms with Gasteiger partial charge in [0.05, 0.1) is 9.85 Å². The molecular formula is C8H3IN2O10. The number of nitrogens with zero attached hydrogens (tertiary/aromatic N) is 2. The summed E-state index contributed by atoms with van der Waals surface area (Å²) in [5.41, 5.74) is -5.66. The zero-order valence-corrected chi connectivity index (χ0v) is 11.7. The molecule has 1 rings (SSSR count). The fourth-order valence-corrected chi connectivity index (χ4v) is 3.20. The number of carbonyl (C=O) groups is 2. The van der Waals surface area contributed by atoms with Gasteiger partial charge in [-0.2, -0.15) is 0 Å². The second kappa shape index (κ2) is 5.73. The van der Waals surface area contributed by atoms with Crippen molar-refractivity contribution in [1.29, 1.82) is 0 Å². The van der Waals surface area contributed by atoms with Gasteiger partial charge >= 0.3 is 31.7 Å². The van der Waals surface area contributed by atoms with E-state index in [1.54, 1.807) is 0 Å². The highest BCUT2D eigenvalue weighted by atomic mass is 127. The van der Waals surface area contributed by atoms with E-state index in [2.05, 4.69) is 0 Å². The molecule has 0 saturated heterocycles. The summed E-state index contributed by atoms with van der Waals surface area (Å²) in [6, 6.07) is 0.155. The zero-order chi connectivity index (χ0) is 16.5.